The highest BCUT2D eigenvalue weighted by Crippen LogP contribution is 2.29. The Morgan fingerprint density at radius 1 is 1.03 bits per heavy atom. The van der Waals surface area contributed by atoms with Gasteiger partial charge in [-0.3, -0.25) is 14.3 Å². The molecule has 0 spiro atoms. The van der Waals surface area contributed by atoms with E-state index in [4.69, 9.17) is 11.6 Å². The molecule has 0 aliphatic carbocycles. The normalized spacial score (nSPS) is 12.1. The lowest BCUT2D eigenvalue weighted by atomic mass is 9.93. The molecule has 8 heteroatoms. The van der Waals surface area contributed by atoms with Crippen LogP contribution in [0.2, 0.25) is 5.02 Å². The van der Waals surface area contributed by atoms with Crippen molar-refractivity contribution in [2.24, 2.45) is 0 Å². The number of aromatic nitrogens is 3. The highest BCUT2D eigenvalue weighted by atomic mass is 35.5. The summed E-state index contributed by atoms with van der Waals surface area (Å²) < 4.78 is 42.6. The van der Waals surface area contributed by atoms with E-state index in [1.165, 1.54) is 35.0 Å². The van der Waals surface area contributed by atoms with Crippen molar-refractivity contribution >= 4 is 11.6 Å². The van der Waals surface area contributed by atoms with E-state index in [2.05, 4.69) is 9.97 Å². The molecule has 0 fully saturated rings. The molecule has 0 saturated heterocycles. The second-order valence-electron chi connectivity index (χ2n) is 8.25. The molecule has 0 N–H and O–H groups in total. The summed E-state index contributed by atoms with van der Waals surface area (Å²) in [6, 6.07) is 10.9. The fourth-order valence-corrected chi connectivity index (χ4v) is 4.32. The minimum Gasteiger partial charge on any atom is -0.280 e. The highest BCUT2D eigenvalue weighted by molar-refractivity contribution is 6.31. The van der Waals surface area contributed by atoms with Crippen molar-refractivity contribution in [3.63, 3.8) is 0 Å². The Morgan fingerprint density at radius 2 is 1.74 bits per heavy atom. The molecule has 0 radical (unpaired) electrons. The first-order chi connectivity index (χ1) is 16.2. The van der Waals surface area contributed by atoms with Crippen LogP contribution in [0, 0.1) is 31.4 Å². The van der Waals surface area contributed by atoms with Crippen molar-refractivity contribution < 1.29 is 13.2 Å². The molecule has 0 amide bonds. The first-order valence-corrected chi connectivity index (χ1v) is 11.0. The molecule has 0 aliphatic rings. The third-order valence-corrected chi connectivity index (χ3v) is 6.17. The largest absolute Gasteiger partial charge is 0.280 e. The van der Waals surface area contributed by atoms with E-state index in [1.807, 2.05) is 13.0 Å². The van der Waals surface area contributed by atoms with Crippen molar-refractivity contribution in [2.45, 2.75) is 33.1 Å². The second kappa shape index (κ2) is 9.43. The van der Waals surface area contributed by atoms with E-state index in [0.717, 1.165) is 11.8 Å². The van der Waals surface area contributed by atoms with Crippen molar-refractivity contribution in [1.29, 1.82) is 0 Å². The summed E-state index contributed by atoms with van der Waals surface area (Å²) in [5.74, 6) is -2.74. The van der Waals surface area contributed by atoms with Gasteiger partial charge in [-0.1, -0.05) is 30.7 Å². The lowest BCUT2D eigenvalue weighted by Gasteiger charge is -2.19. The van der Waals surface area contributed by atoms with Crippen LogP contribution >= 0.6 is 11.6 Å². The minimum atomic E-state index is -1.22. The van der Waals surface area contributed by atoms with Gasteiger partial charge < -0.3 is 0 Å². The molecular weight excluding hydrogens is 463 g/mol. The van der Waals surface area contributed by atoms with Crippen LogP contribution in [0.3, 0.4) is 0 Å². The molecule has 4 aromatic rings. The number of rotatable bonds is 5. The van der Waals surface area contributed by atoms with E-state index >= 15 is 0 Å². The van der Waals surface area contributed by atoms with Gasteiger partial charge in [0.15, 0.2) is 5.82 Å². The zero-order valence-corrected chi connectivity index (χ0v) is 19.5. The number of halogens is 4. The van der Waals surface area contributed by atoms with Crippen LogP contribution in [0.4, 0.5) is 13.2 Å². The van der Waals surface area contributed by atoms with E-state index in [-0.39, 0.29) is 28.0 Å². The maximum Gasteiger partial charge on any atom is 0.274 e. The number of nitrogens with zero attached hydrogens (tertiary/aromatic N) is 3. The van der Waals surface area contributed by atoms with Gasteiger partial charge in [0.05, 0.1) is 11.4 Å². The molecule has 1 unspecified atom stereocenters. The number of benzene rings is 1. The van der Waals surface area contributed by atoms with E-state index < -0.39 is 17.3 Å². The Balaban J connectivity index is 1.77. The molecule has 0 bridgehead atoms. The van der Waals surface area contributed by atoms with Crippen molar-refractivity contribution in [2.75, 3.05) is 0 Å². The lowest BCUT2D eigenvalue weighted by Crippen LogP contribution is -2.24. The monoisotopic (exact) mass is 483 g/mol. The van der Waals surface area contributed by atoms with Gasteiger partial charge >= 0.3 is 0 Å². The van der Waals surface area contributed by atoms with Crippen molar-refractivity contribution in [3.8, 4) is 16.9 Å². The fourth-order valence-electron chi connectivity index (χ4n) is 3.99. The topological polar surface area (TPSA) is 47.8 Å². The summed E-state index contributed by atoms with van der Waals surface area (Å²) >= 11 is 6.53. The molecule has 3 aromatic heterocycles. The zero-order valence-electron chi connectivity index (χ0n) is 18.7. The molecule has 3 heterocycles. The smallest absolute Gasteiger partial charge is 0.274 e. The van der Waals surface area contributed by atoms with Crippen molar-refractivity contribution in [1.82, 2.24) is 14.5 Å². The Bertz CT molecular complexity index is 1430. The van der Waals surface area contributed by atoms with Crippen LogP contribution in [-0.4, -0.2) is 14.5 Å². The summed E-state index contributed by atoms with van der Waals surface area (Å²) in [4.78, 5) is 20.9. The van der Waals surface area contributed by atoms with Gasteiger partial charge in [0.25, 0.3) is 5.56 Å². The first kappa shape index (κ1) is 23.7. The number of hydrogen-bond acceptors (Lipinski definition) is 3. The molecule has 174 valence electrons. The Morgan fingerprint density at radius 3 is 2.44 bits per heavy atom. The third kappa shape index (κ3) is 4.48. The van der Waals surface area contributed by atoms with Crippen LogP contribution in [0.5, 0.6) is 0 Å². The molecule has 0 aliphatic heterocycles. The Hall–Kier alpha value is -3.45. The molecular formula is C26H21ClF3N3O. The standard InChI is InChI=1S/C26H21ClF3N3O/c1-14(10-17-4-6-18(28)7-5-17)20-11-16(3)33(26(34)23(20)27)22-12-21(32-13-15(22)2)19-8-9-31-25(30)24(19)29/h4-9,11-14H,10H2,1-3H3. The molecule has 0 saturated carbocycles. The van der Waals surface area contributed by atoms with Gasteiger partial charge in [-0.25, -0.2) is 13.8 Å². The maximum absolute atomic E-state index is 14.3. The maximum atomic E-state index is 14.3. The average molecular weight is 484 g/mol. The summed E-state index contributed by atoms with van der Waals surface area (Å²) in [6.07, 6.45) is 3.22. The van der Waals surface area contributed by atoms with E-state index in [0.29, 0.717) is 28.9 Å². The minimum absolute atomic E-state index is 0.0601. The predicted octanol–water partition coefficient (Wildman–Crippen LogP) is 6.33. The SMILES string of the molecule is Cc1cnc(-c2ccnc(F)c2F)cc1-n1c(C)cc(C(C)Cc2ccc(F)cc2)c(Cl)c1=O. The van der Waals surface area contributed by atoms with Crippen LogP contribution in [0.15, 0.2) is 59.7 Å². The van der Waals surface area contributed by atoms with Gasteiger partial charge in [-0.2, -0.15) is 4.39 Å². The Labute approximate surface area is 199 Å². The van der Waals surface area contributed by atoms with Crippen LogP contribution in [0.1, 0.15) is 35.2 Å². The quantitative estimate of drug-likeness (QED) is 0.312. The highest BCUT2D eigenvalue weighted by Gasteiger charge is 2.20. The van der Waals surface area contributed by atoms with Crippen LogP contribution in [0.25, 0.3) is 16.9 Å². The second-order valence-corrected chi connectivity index (χ2v) is 8.62. The van der Waals surface area contributed by atoms with Crippen LogP contribution < -0.4 is 5.56 Å². The summed E-state index contributed by atoms with van der Waals surface area (Å²) in [6.45, 7) is 5.49. The van der Waals surface area contributed by atoms with E-state index in [9.17, 15) is 18.0 Å². The summed E-state index contributed by atoms with van der Waals surface area (Å²) in [5.41, 5.74) is 3.02. The third-order valence-electron chi connectivity index (χ3n) is 5.79. The van der Waals surface area contributed by atoms with Crippen LogP contribution in [-0.2, 0) is 6.42 Å². The number of pyridine rings is 3. The van der Waals surface area contributed by atoms with Gasteiger partial charge in [-0.05, 0) is 73.2 Å². The molecule has 1 atom stereocenters. The average Bonchev–Trinajstić information content (AvgIpc) is 2.81. The van der Waals surface area contributed by atoms with Gasteiger partial charge in [0.1, 0.15) is 10.8 Å². The van der Waals surface area contributed by atoms with E-state index in [1.54, 1.807) is 26.0 Å². The fraction of sp³-hybridized carbons (Fsp3) is 0.192. The summed E-state index contributed by atoms with van der Waals surface area (Å²) in [5, 5.41) is 0.0686. The number of aryl methyl sites for hydroxylation is 2. The lowest BCUT2D eigenvalue weighted by molar-refractivity contribution is 0.481. The predicted molar refractivity (Wildman–Crippen MR) is 126 cm³/mol. The molecule has 4 nitrogen and oxygen atoms in total. The molecule has 34 heavy (non-hydrogen) atoms. The Kier molecular flexibility index (Phi) is 6.57. The molecule has 4 rings (SSSR count). The van der Waals surface area contributed by atoms with Gasteiger partial charge in [0, 0.05) is 23.7 Å². The first-order valence-electron chi connectivity index (χ1n) is 10.6. The van der Waals surface area contributed by atoms with Gasteiger partial charge in [-0.15, -0.1) is 0 Å². The van der Waals surface area contributed by atoms with Gasteiger partial charge in [0.2, 0.25) is 5.95 Å². The number of hydrogen-bond donors (Lipinski definition) is 0. The van der Waals surface area contributed by atoms with Crippen molar-refractivity contribution in [3.05, 3.63) is 110 Å². The molecule has 1 aromatic carbocycles. The zero-order chi connectivity index (χ0) is 24.6. The summed E-state index contributed by atoms with van der Waals surface area (Å²) in [7, 11) is 0.